The van der Waals surface area contributed by atoms with Crippen LogP contribution in [0.2, 0.25) is 0 Å². The SMILES string of the molecule is C=C(OCc1cnc(C(C)=O)[nH]1)c1ccc(C(=O)OC)cc1. The fraction of sp³-hybridized carbons (Fsp3) is 0.188. The summed E-state index contributed by atoms with van der Waals surface area (Å²) in [4.78, 5) is 29.3. The molecule has 2 rings (SSSR count). The van der Waals surface area contributed by atoms with Crippen molar-refractivity contribution in [3.8, 4) is 0 Å². The molecule has 0 unspecified atom stereocenters. The molecule has 6 nitrogen and oxygen atoms in total. The zero-order valence-electron chi connectivity index (χ0n) is 12.4. The van der Waals surface area contributed by atoms with Crippen LogP contribution in [0, 0.1) is 0 Å². The fourth-order valence-corrected chi connectivity index (χ4v) is 1.77. The van der Waals surface area contributed by atoms with Crippen molar-refractivity contribution in [3.05, 3.63) is 59.7 Å². The average Bonchev–Trinajstić information content (AvgIpc) is 3.01. The summed E-state index contributed by atoms with van der Waals surface area (Å²) in [5.74, 6) is 0.220. The number of esters is 1. The number of hydrogen-bond donors (Lipinski definition) is 1. The third kappa shape index (κ3) is 3.60. The van der Waals surface area contributed by atoms with E-state index < -0.39 is 5.97 Å². The molecule has 0 aliphatic carbocycles. The van der Waals surface area contributed by atoms with E-state index in [1.807, 2.05) is 0 Å². The number of imidazole rings is 1. The predicted molar refractivity (Wildman–Crippen MR) is 80.2 cm³/mol. The molecule has 1 N–H and O–H groups in total. The van der Waals surface area contributed by atoms with Gasteiger partial charge in [0.2, 0.25) is 0 Å². The number of aromatic amines is 1. The highest BCUT2D eigenvalue weighted by Gasteiger charge is 2.08. The smallest absolute Gasteiger partial charge is 0.337 e. The van der Waals surface area contributed by atoms with Gasteiger partial charge in [0.25, 0.3) is 0 Å². The van der Waals surface area contributed by atoms with E-state index in [1.165, 1.54) is 14.0 Å². The van der Waals surface area contributed by atoms with Crippen LogP contribution in [0.4, 0.5) is 0 Å². The minimum Gasteiger partial charge on any atom is -0.487 e. The number of Topliss-reactive ketones (excluding diaryl/α,β-unsaturated/α-hetero) is 1. The summed E-state index contributed by atoms with van der Waals surface area (Å²) in [7, 11) is 1.33. The van der Waals surface area contributed by atoms with Crippen LogP contribution < -0.4 is 0 Å². The number of carbonyl (C=O) groups excluding carboxylic acids is 2. The molecule has 0 saturated heterocycles. The lowest BCUT2D eigenvalue weighted by Crippen LogP contribution is -2.01. The van der Waals surface area contributed by atoms with Gasteiger partial charge in [-0.15, -0.1) is 0 Å². The fourth-order valence-electron chi connectivity index (χ4n) is 1.77. The number of methoxy groups -OCH3 is 1. The van der Waals surface area contributed by atoms with E-state index in [1.54, 1.807) is 30.5 Å². The number of ketones is 1. The van der Waals surface area contributed by atoms with Crippen LogP contribution in [0.15, 0.2) is 37.0 Å². The summed E-state index contributed by atoms with van der Waals surface area (Å²) in [6.07, 6.45) is 1.55. The van der Waals surface area contributed by atoms with Gasteiger partial charge < -0.3 is 14.5 Å². The number of H-pyrrole nitrogens is 1. The summed E-state index contributed by atoms with van der Waals surface area (Å²) in [5.41, 5.74) is 1.88. The Balaban J connectivity index is 1.96. The van der Waals surface area contributed by atoms with Gasteiger partial charge in [0.1, 0.15) is 12.4 Å². The monoisotopic (exact) mass is 300 g/mol. The Morgan fingerprint density at radius 2 is 1.86 bits per heavy atom. The minimum atomic E-state index is -0.396. The molecule has 0 bridgehead atoms. The third-order valence-corrected chi connectivity index (χ3v) is 2.99. The largest absolute Gasteiger partial charge is 0.487 e. The van der Waals surface area contributed by atoms with Gasteiger partial charge in [0.15, 0.2) is 11.6 Å². The van der Waals surface area contributed by atoms with E-state index in [0.717, 1.165) is 5.56 Å². The molecule has 6 heteroatoms. The molecular weight excluding hydrogens is 284 g/mol. The number of rotatable bonds is 6. The summed E-state index contributed by atoms with van der Waals surface area (Å²) in [6, 6.07) is 6.73. The van der Waals surface area contributed by atoms with E-state index in [9.17, 15) is 9.59 Å². The van der Waals surface area contributed by atoms with Crippen molar-refractivity contribution in [2.75, 3.05) is 7.11 Å². The van der Waals surface area contributed by atoms with E-state index in [-0.39, 0.29) is 12.4 Å². The normalized spacial score (nSPS) is 10.1. The topological polar surface area (TPSA) is 81.3 Å². The van der Waals surface area contributed by atoms with Gasteiger partial charge in [0, 0.05) is 12.5 Å². The highest BCUT2D eigenvalue weighted by molar-refractivity contribution is 5.90. The van der Waals surface area contributed by atoms with Crippen molar-refractivity contribution in [2.45, 2.75) is 13.5 Å². The van der Waals surface area contributed by atoms with Gasteiger partial charge in [-0.3, -0.25) is 4.79 Å². The maximum atomic E-state index is 11.3. The zero-order valence-corrected chi connectivity index (χ0v) is 12.4. The number of aromatic nitrogens is 2. The molecule has 114 valence electrons. The lowest BCUT2D eigenvalue weighted by molar-refractivity contribution is 0.0600. The Morgan fingerprint density at radius 3 is 2.41 bits per heavy atom. The zero-order chi connectivity index (χ0) is 16.1. The number of nitrogens with one attached hydrogen (secondary N) is 1. The lowest BCUT2D eigenvalue weighted by Gasteiger charge is -2.08. The number of carbonyl (C=O) groups is 2. The Kier molecular flexibility index (Phi) is 4.73. The number of nitrogens with zero attached hydrogens (tertiary/aromatic N) is 1. The van der Waals surface area contributed by atoms with E-state index >= 15 is 0 Å². The molecule has 0 radical (unpaired) electrons. The first-order valence-electron chi connectivity index (χ1n) is 6.56. The summed E-state index contributed by atoms with van der Waals surface area (Å²) in [5, 5.41) is 0. The van der Waals surface area contributed by atoms with Crippen LogP contribution in [0.3, 0.4) is 0 Å². The second-order valence-corrected chi connectivity index (χ2v) is 4.59. The molecule has 0 amide bonds. The molecule has 0 atom stereocenters. The molecule has 1 heterocycles. The molecule has 0 aliphatic rings. The van der Waals surface area contributed by atoms with E-state index in [4.69, 9.17) is 4.74 Å². The first kappa shape index (κ1) is 15.5. The van der Waals surface area contributed by atoms with Crippen LogP contribution >= 0.6 is 0 Å². The van der Waals surface area contributed by atoms with Crippen LogP contribution in [0.1, 0.15) is 39.2 Å². The first-order chi connectivity index (χ1) is 10.5. The number of benzene rings is 1. The number of ether oxygens (including phenoxy) is 2. The second-order valence-electron chi connectivity index (χ2n) is 4.59. The first-order valence-corrected chi connectivity index (χ1v) is 6.56. The Hall–Kier alpha value is -2.89. The molecule has 2 aromatic rings. The molecule has 0 saturated carbocycles. The van der Waals surface area contributed by atoms with Gasteiger partial charge in [0.05, 0.1) is 24.6 Å². The Morgan fingerprint density at radius 1 is 1.23 bits per heavy atom. The molecule has 22 heavy (non-hydrogen) atoms. The van der Waals surface area contributed by atoms with Crippen molar-refractivity contribution < 1.29 is 19.1 Å². The predicted octanol–water partition coefficient (Wildman–Crippen LogP) is 2.59. The van der Waals surface area contributed by atoms with Gasteiger partial charge in [-0.2, -0.15) is 0 Å². The van der Waals surface area contributed by atoms with Crippen molar-refractivity contribution >= 4 is 17.5 Å². The van der Waals surface area contributed by atoms with Gasteiger partial charge in [-0.1, -0.05) is 18.7 Å². The Bertz CT molecular complexity index is 701. The maximum Gasteiger partial charge on any atom is 0.337 e. The highest BCUT2D eigenvalue weighted by atomic mass is 16.5. The lowest BCUT2D eigenvalue weighted by atomic mass is 10.1. The van der Waals surface area contributed by atoms with E-state index in [0.29, 0.717) is 22.8 Å². The van der Waals surface area contributed by atoms with Crippen LogP contribution in [0.5, 0.6) is 0 Å². The maximum absolute atomic E-state index is 11.3. The molecule has 0 aliphatic heterocycles. The molecule has 0 spiro atoms. The van der Waals surface area contributed by atoms with Crippen molar-refractivity contribution in [3.63, 3.8) is 0 Å². The standard InChI is InChI=1S/C16H16N2O4/c1-10(19)15-17-8-14(18-15)9-22-11(2)12-4-6-13(7-5-12)16(20)21-3/h4-8H,2,9H2,1,3H3,(H,17,18). The van der Waals surface area contributed by atoms with Crippen LogP contribution in [-0.4, -0.2) is 28.8 Å². The van der Waals surface area contributed by atoms with Crippen LogP contribution in [0.25, 0.3) is 5.76 Å². The van der Waals surface area contributed by atoms with Gasteiger partial charge in [-0.05, 0) is 12.1 Å². The average molecular weight is 300 g/mol. The quantitative estimate of drug-likeness (QED) is 0.504. The van der Waals surface area contributed by atoms with E-state index in [2.05, 4.69) is 21.3 Å². The highest BCUT2D eigenvalue weighted by Crippen LogP contribution is 2.17. The summed E-state index contributed by atoms with van der Waals surface area (Å²) >= 11 is 0. The molecule has 1 aromatic heterocycles. The van der Waals surface area contributed by atoms with Crippen molar-refractivity contribution in [1.29, 1.82) is 0 Å². The third-order valence-electron chi connectivity index (χ3n) is 2.99. The van der Waals surface area contributed by atoms with Crippen molar-refractivity contribution in [1.82, 2.24) is 9.97 Å². The molecular formula is C16H16N2O4. The van der Waals surface area contributed by atoms with Crippen LogP contribution in [-0.2, 0) is 16.1 Å². The second kappa shape index (κ2) is 6.71. The van der Waals surface area contributed by atoms with Crippen molar-refractivity contribution in [2.24, 2.45) is 0 Å². The van der Waals surface area contributed by atoms with Gasteiger partial charge >= 0.3 is 5.97 Å². The number of hydrogen-bond acceptors (Lipinski definition) is 5. The minimum absolute atomic E-state index is 0.136. The summed E-state index contributed by atoms with van der Waals surface area (Å²) < 4.78 is 10.2. The summed E-state index contributed by atoms with van der Waals surface area (Å²) in [6.45, 7) is 5.49. The molecule has 1 aromatic carbocycles. The molecule has 0 fully saturated rings. The van der Waals surface area contributed by atoms with Gasteiger partial charge in [-0.25, -0.2) is 9.78 Å². The Labute approximate surface area is 127 Å².